The highest BCUT2D eigenvalue weighted by atomic mass is 32.1. The second kappa shape index (κ2) is 11.0. The molecule has 2 aromatic heterocycles. The third-order valence-corrected chi connectivity index (χ3v) is 8.28. The molecule has 42 heavy (non-hydrogen) atoms. The van der Waals surface area contributed by atoms with E-state index in [4.69, 9.17) is 28.4 Å². The molecule has 0 amide bonds. The highest BCUT2D eigenvalue weighted by Crippen LogP contribution is 2.40. The molecule has 0 unspecified atom stereocenters. The maximum atomic E-state index is 14.1. The van der Waals surface area contributed by atoms with E-state index in [2.05, 4.69) is 4.90 Å². The molecular formula is C31H27N3O7S. The van der Waals surface area contributed by atoms with Crippen LogP contribution in [0.25, 0.3) is 11.8 Å². The van der Waals surface area contributed by atoms with Gasteiger partial charge in [0.05, 0.1) is 41.7 Å². The molecule has 0 spiro atoms. The summed E-state index contributed by atoms with van der Waals surface area (Å²) in [7, 11) is 0. The molecule has 10 nitrogen and oxygen atoms in total. The Labute approximate surface area is 244 Å². The Kier molecular flexibility index (Phi) is 6.88. The molecule has 3 aliphatic rings. The van der Waals surface area contributed by atoms with Crippen molar-refractivity contribution in [2.24, 2.45) is 4.99 Å². The zero-order chi connectivity index (χ0) is 28.6. The standard InChI is InChI=1S/C31H27N3O7S/c1-2-38-30(36)26-27(19-6-4-3-5-7-19)32-31-34(28(26)20-8-10-22-23(16-20)40-18-39-22)29(35)24(42-31)17-21-9-11-25(41-21)33-12-14-37-15-13-33/h3-11,16-17,28H,2,12-15,18H2,1H3/b24-17+/t28-/m0/s1. The van der Waals surface area contributed by atoms with Crippen molar-refractivity contribution >= 4 is 35.0 Å². The molecule has 1 saturated heterocycles. The van der Waals surface area contributed by atoms with Gasteiger partial charge >= 0.3 is 5.97 Å². The maximum Gasteiger partial charge on any atom is 0.338 e. The Morgan fingerprint density at radius 2 is 1.88 bits per heavy atom. The summed E-state index contributed by atoms with van der Waals surface area (Å²) < 4.78 is 30.2. The van der Waals surface area contributed by atoms with Gasteiger partial charge in [-0.3, -0.25) is 9.36 Å². The number of esters is 1. The predicted molar refractivity (Wildman–Crippen MR) is 155 cm³/mol. The third-order valence-electron chi connectivity index (χ3n) is 7.29. The van der Waals surface area contributed by atoms with Crippen molar-refractivity contribution in [3.05, 3.63) is 103 Å². The minimum absolute atomic E-state index is 0.104. The minimum atomic E-state index is -0.812. The zero-order valence-electron chi connectivity index (χ0n) is 22.8. The van der Waals surface area contributed by atoms with E-state index >= 15 is 0 Å². The van der Waals surface area contributed by atoms with Crippen LogP contribution in [-0.4, -0.2) is 50.2 Å². The molecular weight excluding hydrogens is 558 g/mol. The molecule has 0 radical (unpaired) electrons. The summed E-state index contributed by atoms with van der Waals surface area (Å²) in [5.74, 6) is 1.88. The number of fused-ring (bicyclic) bond motifs is 2. The molecule has 0 saturated carbocycles. The van der Waals surface area contributed by atoms with Gasteiger partial charge in [0.2, 0.25) is 6.79 Å². The van der Waals surface area contributed by atoms with Gasteiger partial charge in [0.1, 0.15) is 5.76 Å². The lowest BCUT2D eigenvalue weighted by Crippen LogP contribution is -2.40. The number of morpholine rings is 1. The average molecular weight is 586 g/mol. The summed E-state index contributed by atoms with van der Waals surface area (Å²) in [6.07, 6.45) is 1.72. The Balaban J connectivity index is 1.42. The molecule has 0 aliphatic carbocycles. The van der Waals surface area contributed by atoms with Gasteiger partial charge in [-0.05, 0) is 30.7 Å². The maximum absolute atomic E-state index is 14.1. The molecule has 4 aromatic rings. The van der Waals surface area contributed by atoms with Gasteiger partial charge in [0.15, 0.2) is 22.2 Å². The van der Waals surface area contributed by atoms with Crippen molar-refractivity contribution in [3.63, 3.8) is 0 Å². The van der Waals surface area contributed by atoms with Gasteiger partial charge in [0, 0.05) is 30.8 Å². The van der Waals surface area contributed by atoms with Crippen LogP contribution in [0.3, 0.4) is 0 Å². The number of thiazole rings is 1. The number of carbonyl (C=O) groups excluding carboxylic acids is 1. The Morgan fingerprint density at radius 3 is 2.69 bits per heavy atom. The fourth-order valence-corrected chi connectivity index (χ4v) is 6.32. The van der Waals surface area contributed by atoms with Crippen LogP contribution in [-0.2, 0) is 14.3 Å². The molecule has 1 fully saturated rings. The van der Waals surface area contributed by atoms with Gasteiger partial charge in [-0.1, -0.05) is 47.7 Å². The van der Waals surface area contributed by atoms with Crippen LogP contribution < -0.4 is 29.3 Å². The number of hydrogen-bond acceptors (Lipinski definition) is 10. The fraction of sp³-hybridized carbons (Fsp3) is 0.258. The Morgan fingerprint density at radius 1 is 1.07 bits per heavy atom. The number of carbonyl (C=O) groups is 1. The van der Waals surface area contributed by atoms with Crippen molar-refractivity contribution < 1.29 is 28.2 Å². The molecule has 0 N–H and O–H groups in total. The van der Waals surface area contributed by atoms with Crippen LogP contribution in [0.4, 0.5) is 5.88 Å². The van der Waals surface area contributed by atoms with Crippen molar-refractivity contribution in [1.29, 1.82) is 0 Å². The van der Waals surface area contributed by atoms with Gasteiger partial charge in [-0.2, -0.15) is 0 Å². The summed E-state index contributed by atoms with van der Waals surface area (Å²) in [6.45, 7) is 4.79. The first-order chi connectivity index (χ1) is 20.6. The first kappa shape index (κ1) is 26.3. The first-order valence-electron chi connectivity index (χ1n) is 13.7. The average Bonchev–Trinajstić information content (AvgIpc) is 3.76. The molecule has 11 heteroatoms. The highest BCUT2D eigenvalue weighted by Gasteiger charge is 2.36. The summed E-state index contributed by atoms with van der Waals surface area (Å²) in [4.78, 5) is 35.2. The lowest BCUT2D eigenvalue weighted by Gasteiger charge is -2.26. The second-order valence-electron chi connectivity index (χ2n) is 9.82. The van der Waals surface area contributed by atoms with E-state index < -0.39 is 12.0 Å². The Hall–Kier alpha value is -4.61. The second-order valence-corrected chi connectivity index (χ2v) is 10.8. The van der Waals surface area contributed by atoms with Crippen molar-refractivity contribution in [2.75, 3.05) is 44.6 Å². The number of anilines is 1. The van der Waals surface area contributed by atoms with Crippen LogP contribution in [0.15, 0.2) is 80.4 Å². The topological polar surface area (TPSA) is 105 Å². The molecule has 1 atom stereocenters. The van der Waals surface area contributed by atoms with Gasteiger partial charge < -0.3 is 28.3 Å². The summed E-state index contributed by atoms with van der Waals surface area (Å²) in [5, 5.41) is 0. The number of ether oxygens (including phenoxy) is 4. The monoisotopic (exact) mass is 585 g/mol. The Bertz CT molecular complexity index is 1870. The first-order valence-corrected chi connectivity index (χ1v) is 14.5. The minimum Gasteiger partial charge on any atom is -0.463 e. The van der Waals surface area contributed by atoms with Crippen molar-refractivity contribution in [2.45, 2.75) is 13.0 Å². The van der Waals surface area contributed by atoms with E-state index in [0.717, 1.165) is 24.5 Å². The summed E-state index contributed by atoms with van der Waals surface area (Å²) in [6, 6.07) is 17.8. The van der Waals surface area contributed by atoms with Crippen LogP contribution in [0.5, 0.6) is 11.5 Å². The molecule has 5 heterocycles. The lowest BCUT2D eigenvalue weighted by molar-refractivity contribution is -0.138. The van der Waals surface area contributed by atoms with Gasteiger partial charge in [-0.15, -0.1) is 0 Å². The SMILES string of the molecule is CCOC(=O)C1=C(c2ccccc2)N=c2s/c(=C/c3ccc(N4CCOCC4)o3)c(=O)n2[C@H]1c1ccc2c(c1)OCO2. The van der Waals surface area contributed by atoms with E-state index in [1.807, 2.05) is 48.5 Å². The smallest absolute Gasteiger partial charge is 0.338 e. The normalized spacial score (nSPS) is 18.2. The molecule has 214 valence electrons. The van der Waals surface area contributed by atoms with Crippen LogP contribution in [0, 0.1) is 0 Å². The number of nitrogens with zero attached hydrogens (tertiary/aromatic N) is 3. The molecule has 7 rings (SSSR count). The van der Waals surface area contributed by atoms with Gasteiger partial charge in [-0.25, -0.2) is 9.79 Å². The predicted octanol–water partition coefficient (Wildman–Crippen LogP) is 3.09. The number of benzene rings is 2. The molecule has 0 bridgehead atoms. The molecule has 3 aliphatic heterocycles. The number of rotatable bonds is 6. The number of aromatic nitrogens is 1. The van der Waals surface area contributed by atoms with E-state index in [-0.39, 0.29) is 24.5 Å². The summed E-state index contributed by atoms with van der Waals surface area (Å²) in [5.41, 5.74) is 1.85. The summed E-state index contributed by atoms with van der Waals surface area (Å²) >= 11 is 1.24. The van der Waals surface area contributed by atoms with Crippen molar-refractivity contribution in [1.82, 2.24) is 4.57 Å². The quantitative estimate of drug-likeness (QED) is 0.318. The van der Waals surface area contributed by atoms with Crippen LogP contribution in [0.1, 0.15) is 29.9 Å². The number of hydrogen-bond donors (Lipinski definition) is 0. The highest BCUT2D eigenvalue weighted by molar-refractivity contribution is 7.07. The van der Waals surface area contributed by atoms with Gasteiger partial charge in [0.25, 0.3) is 5.56 Å². The third kappa shape index (κ3) is 4.70. The zero-order valence-corrected chi connectivity index (χ0v) is 23.6. The lowest BCUT2D eigenvalue weighted by atomic mass is 9.93. The number of furan rings is 1. The van der Waals surface area contributed by atoms with E-state index in [9.17, 15) is 9.59 Å². The van der Waals surface area contributed by atoms with Crippen molar-refractivity contribution in [3.8, 4) is 11.5 Å². The largest absolute Gasteiger partial charge is 0.463 e. The van der Waals surface area contributed by atoms with E-state index in [1.165, 1.54) is 11.3 Å². The van der Waals surface area contributed by atoms with E-state index in [1.54, 1.807) is 29.7 Å². The van der Waals surface area contributed by atoms with Crippen LogP contribution in [0.2, 0.25) is 0 Å². The molecule has 2 aromatic carbocycles. The van der Waals surface area contributed by atoms with Crippen LogP contribution >= 0.6 is 11.3 Å². The van der Waals surface area contributed by atoms with E-state index in [0.29, 0.717) is 51.1 Å². The fourth-order valence-electron chi connectivity index (χ4n) is 5.34.